The Kier molecular flexibility index (Phi) is 6.38. The number of aliphatic hydroxyl groups excluding tert-OH is 1. The van der Waals surface area contributed by atoms with Gasteiger partial charge in [0.25, 0.3) is 0 Å². The molecular weight excluding hydrogens is 472 g/mol. The van der Waals surface area contributed by atoms with E-state index in [2.05, 4.69) is 32.5 Å². The molecule has 2 aromatic heterocycles. The Bertz CT molecular complexity index is 1350. The fraction of sp³-hybridized carbons (Fsp3) is 0.519. The molecule has 1 saturated carbocycles. The van der Waals surface area contributed by atoms with Crippen molar-refractivity contribution < 1.29 is 19.4 Å². The third-order valence-corrected chi connectivity index (χ3v) is 7.52. The zero-order valence-electron chi connectivity index (χ0n) is 21.5. The van der Waals surface area contributed by atoms with Crippen LogP contribution in [0.4, 0.5) is 10.6 Å². The SMILES string of the molecule is CC(C)(OCCO)c1cnc(N2C[C@@]3(CCC[C@](C)(Cn4cnc5ccc(C#N)cc54)C3)OC2=O)cn1. The summed E-state index contributed by atoms with van der Waals surface area (Å²) in [5, 5.41) is 18.4. The minimum absolute atomic E-state index is 0.0759. The van der Waals surface area contributed by atoms with Gasteiger partial charge >= 0.3 is 6.09 Å². The van der Waals surface area contributed by atoms with E-state index in [0.29, 0.717) is 30.0 Å². The molecule has 1 amide bonds. The van der Waals surface area contributed by atoms with Crippen LogP contribution in [-0.2, 0) is 21.6 Å². The second-order valence-electron chi connectivity index (χ2n) is 11.0. The van der Waals surface area contributed by atoms with E-state index in [1.54, 1.807) is 23.4 Å². The number of fused-ring (bicyclic) bond motifs is 1. The van der Waals surface area contributed by atoms with Crippen molar-refractivity contribution in [1.82, 2.24) is 19.5 Å². The van der Waals surface area contributed by atoms with Crippen molar-refractivity contribution in [1.29, 1.82) is 5.26 Å². The first-order chi connectivity index (χ1) is 17.7. The Labute approximate surface area is 215 Å². The lowest BCUT2D eigenvalue weighted by Gasteiger charge is -2.43. The standard InChI is InChI=1S/C27H32N6O4/c1-25(2,36-10-9-34)22-13-30-23(14-29-22)33-17-27(37-24(33)35)8-4-7-26(3,15-27)16-32-18-31-20-6-5-19(12-28)11-21(20)32/h5-6,11,13-14,18,34H,4,7-10,15-17H2,1-3H3/t26-,27-/m0/s1. The molecule has 194 valence electrons. The highest BCUT2D eigenvalue weighted by atomic mass is 16.6. The zero-order valence-corrected chi connectivity index (χ0v) is 21.5. The molecule has 2 aliphatic rings. The van der Waals surface area contributed by atoms with Crippen molar-refractivity contribution in [3.05, 3.63) is 48.2 Å². The number of carbonyl (C=O) groups is 1. The minimum atomic E-state index is -0.711. The van der Waals surface area contributed by atoms with Crippen LogP contribution < -0.4 is 4.90 Å². The van der Waals surface area contributed by atoms with Gasteiger partial charge in [-0.05, 0) is 63.1 Å². The van der Waals surface area contributed by atoms with Gasteiger partial charge < -0.3 is 19.1 Å². The Balaban J connectivity index is 1.33. The van der Waals surface area contributed by atoms with E-state index in [4.69, 9.17) is 14.6 Å². The van der Waals surface area contributed by atoms with Gasteiger partial charge in [-0.1, -0.05) is 6.92 Å². The zero-order chi connectivity index (χ0) is 26.3. The summed E-state index contributed by atoms with van der Waals surface area (Å²) in [7, 11) is 0. The first-order valence-corrected chi connectivity index (χ1v) is 12.6. The predicted molar refractivity (Wildman–Crippen MR) is 136 cm³/mol. The molecule has 1 N–H and O–H groups in total. The van der Waals surface area contributed by atoms with Crippen LogP contribution in [0.5, 0.6) is 0 Å². The van der Waals surface area contributed by atoms with E-state index >= 15 is 0 Å². The number of ether oxygens (including phenoxy) is 2. The van der Waals surface area contributed by atoms with Crippen LogP contribution in [0.2, 0.25) is 0 Å². The molecule has 0 bridgehead atoms. The van der Waals surface area contributed by atoms with Crippen molar-refractivity contribution >= 4 is 22.9 Å². The average molecular weight is 505 g/mol. The Morgan fingerprint density at radius 2 is 2.08 bits per heavy atom. The highest BCUT2D eigenvalue weighted by Crippen LogP contribution is 2.47. The summed E-state index contributed by atoms with van der Waals surface area (Å²) in [6, 6.07) is 7.73. The third-order valence-electron chi connectivity index (χ3n) is 7.52. The van der Waals surface area contributed by atoms with Gasteiger partial charge in [-0.3, -0.25) is 9.88 Å². The number of nitriles is 1. The van der Waals surface area contributed by atoms with E-state index in [9.17, 15) is 10.1 Å². The lowest BCUT2D eigenvalue weighted by Crippen LogP contribution is -2.45. The van der Waals surface area contributed by atoms with Crippen LogP contribution in [0.15, 0.2) is 36.9 Å². The first kappa shape index (κ1) is 25.1. The normalized spacial score (nSPS) is 24.0. The number of hydrogen-bond acceptors (Lipinski definition) is 8. The number of amides is 1. The number of aromatic nitrogens is 4. The maximum absolute atomic E-state index is 13.0. The van der Waals surface area contributed by atoms with E-state index in [0.717, 1.165) is 36.8 Å². The summed E-state index contributed by atoms with van der Waals surface area (Å²) in [6.45, 7) is 7.21. The Morgan fingerprint density at radius 3 is 2.81 bits per heavy atom. The number of imidazole rings is 1. The van der Waals surface area contributed by atoms with Crippen LogP contribution in [0.3, 0.4) is 0 Å². The molecule has 5 rings (SSSR count). The van der Waals surface area contributed by atoms with Crippen molar-refractivity contribution in [2.75, 3.05) is 24.7 Å². The third kappa shape index (κ3) is 4.89. The molecule has 10 nitrogen and oxygen atoms in total. The first-order valence-electron chi connectivity index (χ1n) is 12.6. The highest BCUT2D eigenvalue weighted by Gasteiger charge is 2.52. The largest absolute Gasteiger partial charge is 0.441 e. The molecule has 1 spiro atoms. The highest BCUT2D eigenvalue weighted by molar-refractivity contribution is 5.89. The number of rotatable bonds is 7. The smallest absolute Gasteiger partial charge is 0.416 e. The fourth-order valence-electron chi connectivity index (χ4n) is 5.76. The number of aliphatic hydroxyl groups is 1. The van der Waals surface area contributed by atoms with Gasteiger partial charge in [-0.2, -0.15) is 5.26 Å². The summed E-state index contributed by atoms with van der Waals surface area (Å²) in [4.78, 5) is 28.0. The number of anilines is 1. The van der Waals surface area contributed by atoms with Gasteiger partial charge in [0.1, 0.15) is 11.2 Å². The van der Waals surface area contributed by atoms with Crippen LogP contribution in [0.1, 0.15) is 57.7 Å². The molecule has 0 unspecified atom stereocenters. The van der Waals surface area contributed by atoms with Gasteiger partial charge in [0.2, 0.25) is 0 Å². The van der Waals surface area contributed by atoms with Gasteiger partial charge in [0, 0.05) is 6.54 Å². The van der Waals surface area contributed by atoms with Gasteiger partial charge in [0.05, 0.1) is 66.8 Å². The Morgan fingerprint density at radius 1 is 1.24 bits per heavy atom. The molecule has 2 fully saturated rings. The van der Waals surface area contributed by atoms with E-state index in [-0.39, 0.29) is 18.6 Å². The van der Waals surface area contributed by atoms with Crippen LogP contribution in [-0.4, -0.2) is 56.1 Å². The van der Waals surface area contributed by atoms with Crippen LogP contribution >= 0.6 is 0 Å². The Hall–Kier alpha value is -3.55. The van der Waals surface area contributed by atoms with Crippen molar-refractivity contribution in [2.24, 2.45) is 5.41 Å². The molecule has 10 heteroatoms. The topological polar surface area (TPSA) is 126 Å². The quantitative estimate of drug-likeness (QED) is 0.513. The van der Waals surface area contributed by atoms with Crippen LogP contribution in [0, 0.1) is 16.7 Å². The van der Waals surface area contributed by atoms with Gasteiger partial charge in [-0.25, -0.2) is 14.8 Å². The summed E-state index contributed by atoms with van der Waals surface area (Å²) < 4.78 is 13.8. The molecule has 0 radical (unpaired) electrons. The number of benzene rings is 1. The molecule has 1 aromatic carbocycles. The summed E-state index contributed by atoms with van der Waals surface area (Å²) in [6.07, 6.45) is 8.05. The number of carbonyl (C=O) groups excluding carboxylic acids is 1. The molecule has 2 atom stereocenters. The maximum atomic E-state index is 13.0. The van der Waals surface area contributed by atoms with E-state index < -0.39 is 17.3 Å². The molecule has 3 heterocycles. The molecule has 3 aromatic rings. The lowest BCUT2D eigenvalue weighted by atomic mass is 9.68. The average Bonchev–Trinajstić information content (AvgIpc) is 3.41. The minimum Gasteiger partial charge on any atom is -0.441 e. The van der Waals surface area contributed by atoms with Gasteiger partial charge in [0.15, 0.2) is 5.82 Å². The lowest BCUT2D eigenvalue weighted by molar-refractivity contribution is -0.0399. The monoisotopic (exact) mass is 504 g/mol. The van der Waals surface area contributed by atoms with Crippen LogP contribution in [0.25, 0.3) is 11.0 Å². The second-order valence-corrected chi connectivity index (χ2v) is 11.0. The summed E-state index contributed by atoms with van der Waals surface area (Å²) >= 11 is 0. The number of hydrogen-bond donors (Lipinski definition) is 1. The van der Waals surface area contributed by atoms with E-state index in [1.165, 1.54) is 0 Å². The number of nitrogens with zero attached hydrogens (tertiary/aromatic N) is 6. The maximum Gasteiger partial charge on any atom is 0.416 e. The molecule has 37 heavy (non-hydrogen) atoms. The van der Waals surface area contributed by atoms with Crippen molar-refractivity contribution in [3.63, 3.8) is 0 Å². The van der Waals surface area contributed by atoms with E-state index in [1.807, 2.05) is 32.3 Å². The van der Waals surface area contributed by atoms with Crippen molar-refractivity contribution in [2.45, 2.75) is 64.2 Å². The molecular formula is C27H32N6O4. The fourth-order valence-corrected chi connectivity index (χ4v) is 5.76. The van der Waals surface area contributed by atoms with Crippen molar-refractivity contribution in [3.8, 4) is 6.07 Å². The van der Waals surface area contributed by atoms with Gasteiger partial charge in [-0.15, -0.1) is 0 Å². The summed E-state index contributed by atoms with van der Waals surface area (Å²) in [5.74, 6) is 0.445. The molecule has 1 saturated heterocycles. The molecule has 1 aliphatic carbocycles. The molecule has 1 aliphatic heterocycles. The predicted octanol–water partition coefficient (Wildman–Crippen LogP) is 3.92. The summed E-state index contributed by atoms with van der Waals surface area (Å²) in [5.41, 5.74) is 1.60. The second kappa shape index (κ2) is 9.39.